The van der Waals surface area contributed by atoms with E-state index in [-0.39, 0.29) is 17.8 Å². The fourth-order valence-corrected chi connectivity index (χ4v) is 2.70. The molecule has 0 fully saturated rings. The van der Waals surface area contributed by atoms with Crippen LogP contribution in [-0.2, 0) is 9.53 Å². The van der Waals surface area contributed by atoms with Crippen molar-refractivity contribution in [1.82, 2.24) is 9.97 Å². The standard InChI is InChI=1S/C16H17N5O2/c1-9-11(16(22)23-2)12(10-6-4-3-5-7-10)21-15-13(20-9)14(17)18-8-19-15/h3-8,11-12H,1-2H3,(H3,17,18,19,21). The number of hydrogen-bond donors (Lipinski definition) is 2. The Hall–Kier alpha value is -2.96. The Bertz CT molecular complexity index is 760. The number of methoxy groups -OCH3 is 1. The van der Waals surface area contributed by atoms with Crippen LogP contribution < -0.4 is 11.1 Å². The average Bonchev–Trinajstić information content (AvgIpc) is 2.72. The number of nitrogen functional groups attached to an aromatic ring is 1. The molecule has 3 N–H and O–H groups in total. The van der Waals surface area contributed by atoms with Gasteiger partial charge in [-0.15, -0.1) is 0 Å². The van der Waals surface area contributed by atoms with E-state index >= 15 is 0 Å². The van der Waals surface area contributed by atoms with Crippen LogP contribution in [0, 0.1) is 5.92 Å². The molecule has 0 saturated heterocycles. The third kappa shape index (κ3) is 2.73. The summed E-state index contributed by atoms with van der Waals surface area (Å²) in [7, 11) is 1.36. The first kappa shape index (κ1) is 15.0. The van der Waals surface area contributed by atoms with E-state index in [9.17, 15) is 4.79 Å². The molecule has 118 valence electrons. The van der Waals surface area contributed by atoms with Crippen LogP contribution in [0.25, 0.3) is 0 Å². The van der Waals surface area contributed by atoms with Crippen LogP contribution in [0.3, 0.4) is 0 Å². The maximum absolute atomic E-state index is 12.3. The lowest BCUT2D eigenvalue weighted by Crippen LogP contribution is -2.33. The number of aliphatic imine (C=N–C) groups is 1. The van der Waals surface area contributed by atoms with E-state index in [1.54, 1.807) is 6.92 Å². The third-order valence-electron chi connectivity index (χ3n) is 3.83. The van der Waals surface area contributed by atoms with Crippen molar-refractivity contribution in [1.29, 1.82) is 0 Å². The van der Waals surface area contributed by atoms with E-state index in [4.69, 9.17) is 10.5 Å². The van der Waals surface area contributed by atoms with Crippen LogP contribution in [-0.4, -0.2) is 28.8 Å². The first-order valence-electron chi connectivity index (χ1n) is 7.16. The summed E-state index contributed by atoms with van der Waals surface area (Å²) in [4.78, 5) is 25.0. The molecule has 2 aromatic rings. The maximum Gasteiger partial charge on any atom is 0.316 e. The highest BCUT2D eigenvalue weighted by atomic mass is 16.5. The number of aromatic nitrogens is 2. The van der Waals surface area contributed by atoms with Gasteiger partial charge in [-0.3, -0.25) is 4.79 Å². The first-order valence-corrected chi connectivity index (χ1v) is 7.16. The molecular weight excluding hydrogens is 294 g/mol. The second-order valence-corrected chi connectivity index (χ2v) is 5.24. The summed E-state index contributed by atoms with van der Waals surface area (Å²) in [6.07, 6.45) is 1.37. The van der Waals surface area contributed by atoms with Crippen molar-refractivity contribution in [3.63, 3.8) is 0 Å². The molecule has 7 nitrogen and oxygen atoms in total. The zero-order chi connectivity index (χ0) is 16.4. The number of esters is 1. The number of hydrogen-bond acceptors (Lipinski definition) is 7. The van der Waals surface area contributed by atoms with Gasteiger partial charge in [-0.1, -0.05) is 30.3 Å². The number of nitrogens with two attached hydrogens (primary N) is 1. The minimum absolute atomic E-state index is 0.263. The van der Waals surface area contributed by atoms with Crippen LogP contribution in [0.15, 0.2) is 41.7 Å². The molecule has 3 rings (SSSR count). The van der Waals surface area contributed by atoms with Gasteiger partial charge in [0.15, 0.2) is 11.6 Å². The second-order valence-electron chi connectivity index (χ2n) is 5.24. The van der Waals surface area contributed by atoms with Crippen LogP contribution >= 0.6 is 0 Å². The van der Waals surface area contributed by atoms with Gasteiger partial charge in [-0.2, -0.15) is 0 Å². The molecule has 2 heterocycles. The normalized spacial score (nSPS) is 19.8. The van der Waals surface area contributed by atoms with E-state index in [2.05, 4.69) is 20.3 Å². The van der Waals surface area contributed by atoms with Crippen molar-refractivity contribution in [2.24, 2.45) is 10.9 Å². The highest BCUT2D eigenvalue weighted by molar-refractivity contribution is 6.05. The molecule has 23 heavy (non-hydrogen) atoms. The summed E-state index contributed by atoms with van der Waals surface area (Å²) >= 11 is 0. The van der Waals surface area contributed by atoms with Gasteiger partial charge >= 0.3 is 5.97 Å². The van der Waals surface area contributed by atoms with E-state index < -0.39 is 5.92 Å². The number of carbonyl (C=O) groups is 1. The molecule has 0 radical (unpaired) electrons. The summed E-state index contributed by atoms with van der Waals surface area (Å²) in [6.45, 7) is 1.78. The number of ether oxygens (including phenoxy) is 1. The number of nitrogens with zero attached hydrogens (tertiary/aromatic N) is 3. The number of rotatable bonds is 2. The van der Waals surface area contributed by atoms with Crippen molar-refractivity contribution >= 4 is 29.0 Å². The topological polar surface area (TPSA) is 102 Å². The number of fused-ring (bicyclic) bond motifs is 1. The maximum atomic E-state index is 12.3. The lowest BCUT2D eigenvalue weighted by atomic mass is 9.89. The zero-order valence-electron chi connectivity index (χ0n) is 12.9. The summed E-state index contributed by atoms with van der Waals surface area (Å²) < 4.78 is 4.97. The highest BCUT2D eigenvalue weighted by Gasteiger charge is 2.36. The van der Waals surface area contributed by atoms with Gasteiger partial charge in [0.1, 0.15) is 17.9 Å². The molecule has 7 heteroatoms. The summed E-state index contributed by atoms with van der Waals surface area (Å²) in [5, 5.41) is 3.27. The molecule has 0 amide bonds. The van der Waals surface area contributed by atoms with Gasteiger partial charge in [-0.25, -0.2) is 15.0 Å². The minimum Gasteiger partial charge on any atom is -0.468 e. The first-order chi connectivity index (χ1) is 11.1. The Morgan fingerprint density at radius 2 is 2.00 bits per heavy atom. The lowest BCUT2D eigenvalue weighted by molar-refractivity contribution is -0.143. The van der Waals surface area contributed by atoms with E-state index in [1.807, 2.05) is 30.3 Å². The third-order valence-corrected chi connectivity index (χ3v) is 3.83. The largest absolute Gasteiger partial charge is 0.468 e. The molecule has 0 saturated carbocycles. The minimum atomic E-state index is -0.587. The molecule has 0 spiro atoms. The van der Waals surface area contributed by atoms with Gasteiger partial charge in [0.05, 0.1) is 13.2 Å². The molecular formula is C16H17N5O2. The number of carbonyl (C=O) groups excluding carboxylic acids is 1. The lowest BCUT2D eigenvalue weighted by Gasteiger charge is -2.25. The number of nitrogens with one attached hydrogen (secondary N) is 1. The SMILES string of the molecule is COC(=O)C1C(C)=Nc2c(N)ncnc2NC1c1ccccc1. The van der Waals surface area contributed by atoms with Crippen LogP contribution in [0.4, 0.5) is 17.3 Å². The summed E-state index contributed by atoms with van der Waals surface area (Å²) in [6, 6.07) is 9.27. The van der Waals surface area contributed by atoms with Crippen molar-refractivity contribution in [2.75, 3.05) is 18.2 Å². The molecule has 1 aliphatic rings. The van der Waals surface area contributed by atoms with Crippen molar-refractivity contribution < 1.29 is 9.53 Å². The second kappa shape index (κ2) is 6.04. The molecule has 1 aromatic carbocycles. The van der Waals surface area contributed by atoms with E-state index in [0.717, 1.165) is 5.56 Å². The van der Waals surface area contributed by atoms with Gasteiger partial charge in [0, 0.05) is 5.71 Å². The molecule has 1 aliphatic heterocycles. The van der Waals surface area contributed by atoms with Crippen molar-refractivity contribution in [3.8, 4) is 0 Å². The van der Waals surface area contributed by atoms with E-state index in [0.29, 0.717) is 17.2 Å². The quantitative estimate of drug-likeness (QED) is 0.823. The smallest absolute Gasteiger partial charge is 0.316 e. The fourth-order valence-electron chi connectivity index (χ4n) is 2.70. The predicted octanol–water partition coefficient (Wildman–Crippen LogP) is 2.11. The Morgan fingerprint density at radius 1 is 1.26 bits per heavy atom. The van der Waals surface area contributed by atoms with E-state index in [1.165, 1.54) is 13.4 Å². The number of anilines is 2. The molecule has 0 aliphatic carbocycles. The fraction of sp³-hybridized carbons (Fsp3) is 0.250. The van der Waals surface area contributed by atoms with Gasteiger partial charge < -0.3 is 15.8 Å². The van der Waals surface area contributed by atoms with Crippen LogP contribution in [0.5, 0.6) is 0 Å². The summed E-state index contributed by atoms with van der Waals surface area (Å²) in [5.41, 5.74) is 7.87. The monoisotopic (exact) mass is 311 g/mol. The van der Waals surface area contributed by atoms with Gasteiger partial charge in [-0.05, 0) is 12.5 Å². The molecule has 2 atom stereocenters. The molecule has 1 aromatic heterocycles. The Morgan fingerprint density at radius 3 is 2.70 bits per heavy atom. The summed E-state index contributed by atoms with van der Waals surface area (Å²) in [5.74, 6) is -0.195. The predicted molar refractivity (Wildman–Crippen MR) is 87.5 cm³/mol. The molecule has 0 bridgehead atoms. The van der Waals surface area contributed by atoms with Gasteiger partial charge in [0.2, 0.25) is 0 Å². The Labute approximate surface area is 133 Å². The van der Waals surface area contributed by atoms with Gasteiger partial charge in [0.25, 0.3) is 0 Å². The number of benzene rings is 1. The van der Waals surface area contributed by atoms with Crippen LogP contribution in [0.2, 0.25) is 0 Å². The van der Waals surface area contributed by atoms with Crippen molar-refractivity contribution in [2.45, 2.75) is 13.0 Å². The van der Waals surface area contributed by atoms with Crippen LogP contribution in [0.1, 0.15) is 18.5 Å². The Balaban J connectivity index is 2.16. The highest BCUT2D eigenvalue weighted by Crippen LogP contribution is 2.38. The molecule has 2 unspecified atom stereocenters. The zero-order valence-corrected chi connectivity index (χ0v) is 12.9. The van der Waals surface area contributed by atoms with Crippen molar-refractivity contribution in [3.05, 3.63) is 42.2 Å². The average molecular weight is 311 g/mol. The Kier molecular flexibility index (Phi) is 3.92.